The summed E-state index contributed by atoms with van der Waals surface area (Å²) in [6, 6.07) is 20.1. The third-order valence-corrected chi connectivity index (χ3v) is 11.1. The van der Waals surface area contributed by atoms with Crippen LogP contribution in [0.4, 0.5) is 11.4 Å². The van der Waals surface area contributed by atoms with Crippen LogP contribution in [0.3, 0.4) is 0 Å². The van der Waals surface area contributed by atoms with Gasteiger partial charge in [-0.1, -0.05) is 68.3 Å². The molecule has 0 saturated heterocycles. The van der Waals surface area contributed by atoms with Crippen LogP contribution in [0.1, 0.15) is 50.6 Å². The molecule has 3 aromatic rings. The number of thioether (sulfide) groups is 1. The number of sulfone groups is 1. The van der Waals surface area contributed by atoms with E-state index in [1.165, 1.54) is 17.8 Å². The van der Waals surface area contributed by atoms with Crippen molar-refractivity contribution in [2.75, 3.05) is 43.2 Å². The Balaban J connectivity index is 1.68. The summed E-state index contributed by atoms with van der Waals surface area (Å²) in [6.45, 7) is 1.35. The predicted octanol–water partition coefficient (Wildman–Crippen LogP) is 4.72. The van der Waals surface area contributed by atoms with E-state index in [0.717, 1.165) is 18.5 Å². The van der Waals surface area contributed by atoms with E-state index < -0.39 is 52.2 Å². The Labute approximate surface area is 286 Å². The van der Waals surface area contributed by atoms with Gasteiger partial charge in [-0.15, -0.1) is 11.8 Å². The van der Waals surface area contributed by atoms with Crippen LogP contribution in [0, 0.1) is 5.41 Å². The fraction of sp³-hybridized carbons (Fsp3) is 0.400. The fourth-order valence-corrected chi connectivity index (χ4v) is 8.70. The lowest BCUT2D eigenvalue weighted by Gasteiger charge is -2.37. The number of aliphatic hydroxyl groups is 1. The number of benzene rings is 3. The molecule has 1 heterocycles. The number of aliphatic hydroxyl groups excluding tert-OH is 1. The minimum Gasteiger partial charge on any atom is -0.483 e. The zero-order valence-corrected chi connectivity index (χ0v) is 28.8. The van der Waals surface area contributed by atoms with Crippen LogP contribution in [0.25, 0.3) is 0 Å². The van der Waals surface area contributed by atoms with E-state index in [-0.39, 0.29) is 23.0 Å². The van der Waals surface area contributed by atoms with Gasteiger partial charge in [-0.25, -0.2) is 8.42 Å². The highest BCUT2D eigenvalue weighted by Gasteiger charge is 2.42. The van der Waals surface area contributed by atoms with E-state index in [9.17, 15) is 27.9 Å². The summed E-state index contributed by atoms with van der Waals surface area (Å²) >= 11 is 1.35. The van der Waals surface area contributed by atoms with Crippen molar-refractivity contribution in [2.45, 2.75) is 54.9 Å². The molecule has 0 aliphatic carbocycles. The summed E-state index contributed by atoms with van der Waals surface area (Å²) in [7, 11) is -3.87. The van der Waals surface area contributed by atoms with Crippen LogP contribution < -0.4 is 20.3 Å². The lowest BCUT2D eigenvalue weighted by Crippen LogP contribution is -2.43. The molecule has 3 aromatic carbocycles. The first kappa shape index (κ1) is 36.8. The fourth-order valence-electron chi connectivity index (χ4n) is 6.04. The molecule has 48 heavy (non-hydrogen) atoms. The molecule has 11 nitrogen and oxygen atoms in total. The lowest BCUT2D eigenvalue weighted by atomic mass is 9.79. The Bertz CT molecular complexity index is 1660. The number of nitrogens with one attached hydrogen (secondary N) is 2. The van der Waals surface area contributed by atoms with Crippen LogP contribution >= 0.6 is 11.8 Å². The molecule has 13 heteroatoms. The second-order valence-electron chi connectivity index (χ2n) is 11.9. The van der Waals surface area contributed by atoms with Crippen molar-refractivity contribution in [3.63, 3.8) is 0 Å². The topological polar surface area (TPSA) is 162 Å². The largest absolute Gasteiger partial charge is 0.483 e. The van der Waals surface area contributed by atoms with Crippen LogP contribution in [0.2, 0.25) is 0 Å². The quantitative estimate of drug-likeness (QED) is 0.154. The SMILES string of the molecule is CCCCC1(CCCO)CN(c2ccccc2)c2cc(SC)c(OCC(=O)NC(C(=O)NCC(=O)O)c3ccccc3)cc2S(=O)(=O)C1. The van der Waals surface area contributed by atoms with Gasteiger partial charge in [0.2, 0.25) is 5.91 Å². The van der Waals surface area contributed by atoms with Gasteiger partial charge < -0.3 is 30.5 Å². The standard InChI is InChI=1S/C35H43N3O8S2/c1-3-4-16-35(17-11-18-39)23-38(26-14-9-6-10-15-26)27-19-29(47-2)28(20-30(27)48(44,45)24-35)46-22-31(40)37-33(25-12-7-5-8-13-25)34(43)36-21-32(41)42/h5-10,12-15,19-20,33,39H,3-4,11,16-18,21-24H2,1-2H3,(H,36,43)(H,37,40)(H,41,42). The minimum absolute atomic E-state index is 0.0325. The summed E-state index contributed by atoms with van der Waals surface area (Å²) in [4.78, 5) is 39.8. The molecule has 4 rings (SSSR count). The molecule has 0 saturated carbocycles. The molecule has 2 atom stereocenters. The Hall–Kier alpha value is -4.07. The van der Waals surface area contributed by atoms with Crippen molar-refractivity contribution in [1.82, 2.24) is 10.6 Å². The molecule has 4 N–H and O–H groups in total. The van der Waals surface area contributed by atoms with E-state index in [4.69, 9.17) is 9.84 Å². The Morgan fingerprint density at radius 2 is 1.69 bits per heavy atom. The third-order valence-electron chi connectivity index (χ3n) is 8.33. The number of hydrogen-bond donors (Lipinski definition) is 4. The first-order chi connectivity index (χ1) is 23.0. The second-order valence-corrected chi connectivity index (χ2v) is 14.7. The van der Waals surface area contributed by atoms with Crippen molar-refractivity contribution < 1.29 is 37.8 Å². The molecule has 0 spiro atoms. The predicted molar refractivity (Wildman–Crippen MR) is 185 cm³/mol. The normalized spacial score (nSPS) is 17.4. The van der Waals surface area contributed by atoms with Gasteiger partial charge in [-0.05, 0) is 49.3 Å². The highest BCUT2D eigenvalue weighted by atomic mass is 32.2. The summed E-state index contributed by atoms with van der Waals surface area (Å²) < 4.78 is 34.5. The van der Waals surface area contributed by atoms with Gasteiger partial charge in [-0.3, -0.25) is 14.4 Å². The Morgan fingerprint density at radius 3 is 2.31 bits per heavy atom. The Morgan fingerprint density at radius 1 is 1.02 bits per heavy atom. The number of rotatable bonds is 16. The molecule has 0 fully saturated rings. The van der Waals surface area contributed by atoms with Gasteiger partial charge in [0.25, 0.3) is 5.91 Å². The first-order valence-corrected chi connectivity index (χ1v) is 18.7. The number of amides is 2. The average molecular weight is 698 g/mol. The van der Waals surface area contributed by atoms with Crippen molar-refractivity contribution in [3.8, 4) is 5.75 Å². The third kappa shape index (κ3) is 9.30. The number of para-hydroxylation sites is 1. The van der Waals surface area contributed by atoms with Gasteiger partial charge in [-0.2, -0.15) is 0 Å². The number of carbonyl (C=O) groups excluding carboxylic acids is 2. The van der Waals surface area contributed by atoms with Crippen molar-refractivity contribution in [1.29, 1.82) is 0 Å². The number of carbonyl (C=O) groups is 3. The molecular formula is C35H43N3O8S2. The number of carboxylic acid groups (broad SMARTS) is 1. The molecule has 258 valence electrons. The number of fused-ring (bicyclic) bond motifs is 1. The second kappa shape index (κ2) is 16.8. The minimum atomic E-state index is -3.87. The number of ether oxygens (including phenoxy) is 1. The maximum Gasteiger partial charge on any atom is 0.322 e. The molecule has 1 aliphatic rings. The summed E-state index contributed by atoms with van der Waals surface area (Å²) in [5, 5.41) is 23.6. The van der Waals surface area contributed by atoms with E-state index in [0.29, 0.717) is 42.0 Å². The number of hydrogen-bond acceptors (Lipinski definition) is 9. The summed E-state index contributed by atoms with van der Waals surface area (Å²) in [5.41, 5.74) is 1.20. The average Bonchev–Trinajstić information content (AvgIpc) is 3.18. The number of unbranched alkanes of at least 4 members (excludes halogenated alkanes) is 1. The van der Waals surface area contributed by atoms with Gasteiger partial charge >= 0.3 is 5.97 Å². The van der Waals surface area contributed by atoms with Crippen LogP contribution in [-0.2, 0) is 24.2 Å². The lowest BCUT2D eigenvalue weighted by molar-refractivity contribution is -0.138. The van der Waals surface area contributed by atoms with E-state index in [2.05, 4.69) is 17.6 Å². The van der Waals surface area contributed by atoms with Crippen molar-refractivity contribution >= 4 is 50.8 Å². The molecule has 0 aromatic heterocycles. The zero-order valence-electron chi connectivity index (χ0n) is 27.2. The van der Waals surface area contributed by atoms with Crippen LogP contribution in [0.5, 0.6) is 5.75 Å². The van der Waals surface area contributed by atoms with Gasteiger partial charge in [0.1, 0.15) is 18.3 Å². The number of anilines is 2. The van der Waals surface area contributed by atoms with E-state index in [1.807, 2.05) is 41.5 Å². The summed E-state index contributed by atoms with van der Waals surface area (Å²) in [6.07, 6.45) is 5.29. The van der Waals surface area contributed by atoms with E-state index >= 15 is 0 Å². The molecule has 0 radical (unpaired) electrons. The maximum absolute atomic E-state index is 14.3. The maximum atomic E-state index is 14.3. The first-order valence-electron chi connectivity index (χ1n) is 15.9. The zero-order chi connectivity index (χ0) is 34.7. The highest BCUT2D eigenvalue weighted by molar-refractivity contribution is 7.98. The van der Waals surface area contributed by atoms with Crippen LogP contribution in [0.15, 0.2) is 82.6 Å². The molecule has 2 amide bonds. The molecule has 0 bridgehead atoms. The number of nitrogens with zero attached hydrogens (tertiary/aromatic N) is 1. The van der Waals surface area contributed by atoms with Gasteiger partial charge in [0.15, 0.2) is 16.4 Å². The monoisotopic (exact) mass is 697 g/mol. The highest BCUT2D eigenvalue weighted by Crippen LogP contribution is 2.47. The number of aliphatic carboxylic acids is 1. The molecule has 2 unspecified atom stereocenters. The van der Waals surface area contributed by atoms with Crippen molar-refractivity contribution in [2.24, 2.45) is 5.41 Å². The molecular weight excluding hydrogens is 655 g/mol. The molecule has 1 aliphatic heterocycles. The summed E-state index contributed by atoms with van der Waals surface area (Å²) in [5.74, 6) is -2.48. The smallest absolute Gasteiger partial charge is 0.322 e. The van der Waals surface area contributed by atoms with E-state index in [1.54, 1.807) is 36.4 Å². The number of carboxylic acids is 1. The van der Waals surface area contributed by atoms with Crippen LogP contribution in [-0.4, -0.2) is 74.7 Å². The Kier molecular flexibility index (Phi) is 12.9. The van der Waals surface area contributed by atoms with Gasteiger partial charge in [0.05, 0.1) is 21.2 Å². The van der Waals surface area contributed by atoms with Gasteiger partial charge in [0, 0.05) is 30.3 Å². The van der Waals surface area contributed by atoms with Crippen molar-refractivity contribution in [3.05, 3.63) is 78.4 Å².